The summed E-state index contributed by atoms with van der Waals surface area (Å²) in [4.78, 5) is 4.13. The molecule has 0 aliphatic heterocycles. The van der Waals surface area contributed by atoms with Crippen molar-refractivity contribution < 1.29 is 8.94 Å². The summed E-state index contributed by atoms with van der Waals surface area (Å²) < 4.78 is 10.1. The van der Waals surface area contributed by atoms with E-state index >= 15 is 0 Å². The summed E-state index contributed by atoms with van der Waals surface area (Å²) in [7, 11) is 0. The van der Waals surface area contributed by atoms with Crippen molar-refractivity contribution in [3.05, 3.63) is 30.0 Å². The number of hydrogen-bond donors (Lipinski definition) is 0. The molecule has 0 saturated heterocycles. The highest BCUT2D eigenvalue weighted by molar-refractivity contribution is 7.98. The Morgan fingerprint density at radius 1 is 1.54 bits per heavy atom. The largest absolute Gasteiger partial charge is 0.469 e. The maximum absolute atomic E-state index is 5.15. The first kappa shape index (κ1) is 8.37. The van der Waals surface area contributed by atoms with Gasteiger partial charge in [0.25, 0.3) is 0 Å². The SMILES string of the molecule is CSc1noc(Cc2ccco2)n1. The molecule has 0 bridgehead atoms. The van der Waals surface area contributed by atoms with Gasteiger partial charge in [-0.15, -0.1) is 0 Å². The van der Waals surface area contributed by atoms with Crippen molar-refractivity contribution in [1.29, 1.82) is 0 Å². The van der Waals surface area contributed by atoms with E-state index in [1.807, 2.05) is 18.4 Å². The molecule has 5 heteroatoms. The van der Waals surface area contributed by atoms with Crippen molar-refractivity contribution in [1.82, 2.24) is 10.1 Å². The van der Waals surface area contributed by atoms with E-state index in [0.717, 1.165) is 5.76 Å². The first-order chi connectivity index (χ1) is 6.38. The van der Waals surface area contributed by atoms with Crippen molar-refractivity contribution in [2.75, 3.05) is 6.26 Å². The van der Waals surface area contributed by atoms with Crippen molar-refractivity contribution >= 4 is 11.8 Å². The summed E-state index contributed by atoms with van der Waals surface area (Å²) in [6.45, 7) is 0. The lowest BCUT2D eigenvalue weighted by Crippen LogP contribution is -1.84. The van der Waals surface area contributed by atoms with E-state index in [1.54, 1.807) is 6.26 Å². The van der Waals surface area contributed by atoms with Gasteiger partial charge in [0.15, 0.2) is 0 Å². The fraction of sp³-hybridized carbons (Fsp3) is 0.250. The van der Waals surface area contributed by atoms with Crippen LogP contribution in [0, 0.1) is 0 Å². The molecule has 0 atom stereocenters. The molecule has 2 aromatic heterocycles. The van der Waals surface area contributed by atoms with Gasteiger partial charge in [0.05, 0.1) is 12.7 Å². The first-order valence-electron chi connectivity index (χ1n) is 3.77. The van der Waals surface area contributed by atoms with Gasteiger partial charge in [0, 0.05) is 0 Å². The third-order valence-corrected chi connectivity index (χ3v) is 2.07. The van der Waals surface area contributed by atoms with Crippen molar-refractivity contribution in [3.8, 4) is 0 Å². The van der Waals surface area contributed by atoms with Crippen LogP contribution in [0.25, 0.3) is 0 Å². The fourth-order valence-electron chi connectivity index (χ4n) is 0.956. The molecule has 0 N–H and O–H groups in total. The van der Waals surface area contributed by atoms with Gasteiger partial charge < -0.3 is 8.94 Å². The van der Waals surface area contributed by atoms with Gasteiger partial charge in [-0.25, -0.2) is 0 Å². The fourth-order valence-corrected chi connectivity index (χ4v) is 1.26. The normalized spacial score (nSPS) is 10.5. The van der Waals surface area contributed by atoms with Crippen LogP contribution in [0.5, 0.6) is 0 Å². The Hall–Kier alpha value is -1.23. The Labute approximate surface area is 79.3 Å². The van der Waals surface area contributed by atoms with Crippen LogP contribution in [-0.4, -0.2) is 16.4 Å². The Morgan fingerprint density at radius 2 is 2.46 bits per heavy atom. The number of hydrogen-bond acceptors (Lipinski definition) is 5. The highest BCUT2D eigenvalue weighted by Crippen LogP contribution is 2.12. The van der Waals surface area contributed by atoms with Crippen molar-refractivity contribution in [2.24, 2.45) is 0 Å². The molecule has 0 spiro atoms. The average Bonchev–Trinajstić information content (AvgIpc) is 2.76. The van der Waals surface area contributed by atoms with E-state index in [1.165, 1.54) is 11.8 Å². The molecular weight excluding hydrogens is 188 g/mol. The van der Waals surface area contributed by atoms with Gasteiger partial charge in [-0.05, 0) is 18.4 Å². The van der Waals surface area contributed by atoms with Crippen molar-refractivity contribution in [3.63, 3.8) is 0 Å². The van der Waals surface area contributed by atoms with E-state index in [4.69, 9.17) is 8.94 Å². The van der Waals surface area contributed by atoms with Crippen LogP contribution < -0.4 is 0 Å². The minimum atomic E-state index is 0.556. The van der Waals surface area contributed by atoms with Crippen LogP contribution in [-0.2, 0) is 6.42 Å². The molecule has 68 valence electrons. The zero-order valence-corrected chi connectivity index (χ0v) is 7.87. The van der Waals surface area contributed by atoms with E-state index in [0.29, 0.717) is 17.5 Å². The first-order valence-corrected chi connectivity index (χ1v) is 5.00. The Bertz CT molecular complexity index is 369. The van der Waals surface area contributed by atoms with Gasteiger partial charge in [-0.2, -0.15) is 4.98 Å². The second-order valence-electron chi connectivity index (χ2n) is 2.43. The second kappa shape index (κ2) is 3.66. The Balaban J connectivity index is 2.10. The van der Waals surface area contributed by atoms with Gasteiger partial charge in [0.1, 0.15) is 5.76 Å². The van der Waals surface area contributed by atoms with Crippen LogP contribution in [0.4, 0.5) is 0 Å². The number of furan rings is 1. The molecule has 0 radical (unpaired) electrons. The van der Waals surface area contributed by atoms with E-state index in [2.05, 4.69) is 10.1 Å². The van der Waals surface area contributed by atoms with Crippen molar-refractivity contribution in [2.45, 2.75) is 11.6 Å². The molecule has 0 fully saturated rings. The summed E-state index contributed by atoms with van der Waals surface area (Å²) in [6, 6.07) is 3.71. The number of aromatic nitrogens is 2. The molecule has 0 aliphatic carbocycles. The predicted octanol–water partition coefficient (Wildman–Crippen LogP) is 1.98. The average molecular weight is 196 g/mol. The topological polar surface area (TPSA) is 52.1 Å². The molecule has 2 aromatic rings. The molecule has 2 heterocycles. The second-order valence-corrected chi connectivity index (χ2v) is 3.20. The number of rotatable bonds is 3. The maximum Gasteiger partial charge on any atom is 0.235 e. The Kier molecular flexibility index (Phi) is 2.35. The highest BCUT2D eigenvalue weighted by Gasteiger charge is 2.07. The minimum absolute atomic E-state index is 0.556. The lowest BCUT2D eigenvalue weighted by molar-refractivity contribution is 0.365. The predicted molar refractivity (Wildman–Crippen MR) is 47.6 cm³/mol. The smallest absolute Gasteiger partial charge is 0.235 e. The molecule has 0 unspecified atom stereocenters. The quantitative estimate of drug-likeness (QED) is 0.702. The third kappa shape index (κ3) is 1.92. The summed E-state index contributed by atoms with van der Waals surface area (Å²) in [6.07, 6.45) is 4.09. The molecule has 13 heavy (non-hydrogen) atoms. The molecule has 2 rings (SSSR count). The minimum Gasteiger partial charge on any atom is -0.469 e. The monoisotopic (exact) mass is 196 g/mol. The number of nitrogens with zero attached hydrogens (tertiary/aromatic N) is 2. The summed E-state index contributed by atoms with van der Waals surface area (Å²) >= 11 is 1.46. The lowest BCUT2D eigenvalue weighted by atomic mass is 10.3. The third-order valence-electron chi connectivity index (χ3n) is 1.54. The van der Waals surface area contributed by atoms with E-state index in [9.17, 15) is 0 Å². The lowest BCUT2D eigenvalue weighted by Gasteiger charge is -1.86. The van der Waals surface area contributed by atoms with Crippen LogP contribution in [0.2, 0.25) is 0 Å². The van der Waals surface area contributed by atoms with Gasteiger partial charge in [-0.1, -0.05) is 16.9 Å². The van der Waals surface area contributed by atoms with E-state index < -0.39 is 0 Å². The molecule has 0 aliphatic rings. The van der Waals surface area contributed by atoms with Crippen LogP contribution in [0.15, 0.2) is 32.5 Å². The zero-order chi connectivity index (χ0) is 9.10. The van der Waals surface area contributed by atoms with E-state index in [-0.39, 0.29) is 0 Å². The zero-order valence-electron chi connectivity index (χ0n) is 7.06. The van der Waals surface area contributed by atoms with Gasteiger partial charge in [0.2, 0.25) is 11.0 Å². The maximum atomic E-state index is 5.15. The summed E-state index contributed by atoms with van der Waals surface area (Å²) in [5.74, 6) is 1.41. The summed E-state index contributed by atoms with van der Waals surface area (Å²) in [5, 5.41) is 4.40. The van der Waals surface area contributed by atoms with Gasteiger partial charge >= 0.3 is 0 Å². The highest BCUT2D eigenvalue weighted by atomic mass is 32.2. The Morgan fingerprint density at radius 3 is 3.08 bits per heavy atom. The molecule has 0 saturated carbocycles. The standard InChI is InChI=1S/C8H8N2O2S/c1-13-8-9-7(12-10-8)5-6-3-2-4-11-6/h2-4H,5H2,1H3. The molecule has 0 aromatic carbocycles. The molecular formula is C8H8N2O2S. The number of thioether (sulfide) groups is 1. The molecule has 4 nitrogen and oxygen atoms in total. The summed E-state index contributed by atoms with van der Waals surface area (Å²) in [5.41, 5.74) is 0. The van der Waals surface area contributed by atoms with Crippen LogP contribution >= 0.6 is 11.8 Å². The molecule has 0 amide bonds. The van der Waals surface area contributed by atoms with Crippen LogP contribution in [0.3, 0.4) is 0 Å². The van der Waals surface area contributed by atoms with Gasteiger partial charge in [-0.3, -0.25) is 0 Å². The van der Waals surface area contributed by atoms with Crippen LogP contribution in [0.1, 0.15) is 11.7 Å².